The molecule has 1 aromatic heterocycles. The second-order valence-corrected chi connectivity index (χ2v) is 9.58. The van der Waals surface area contributed by atoms with E-state index in [0.717, 1.165) is 11.3 Å². The van der Waals surface area contributed by atoms with Gasteiger partial charge in [0.15, 0.2) is 0 Å². The first-order valence-corrected chi connectivity index (χ1v) is 11.1. The van der Waals surface area contributed by atoms with E-state index in [1.54, 1.807) is 16.8 Å². The van der Waals surface area contributed by atoms with Gasteiger partial charge in [-0.2, -0.15) is 9.40 Å². The molecule has 1 saturated heterocycles. The van der Waals surface area contributed by atoms with Crippen molar-refractivity contribution in [2.75, 3.05) is 13.1 Å². The number of sulfonamides is 1. The molecule has 1 fully saturated rings. The summed E-state index contributed by atoms with van der Waals surface area (Å²) < 4.78 is 28.7. The lowest BCUT2D eigenvalue weighted by Crippen LogP contribution is -2.43. The van der Waals surface area contributed by atoms with Crippen LogP contribution in [0.25, 0.3) is 0 Å². The molecule has 1 unspecified atom stereocenters. The lowest BCUT2D eigenvalue weighted by molar-refractivity contribution is -0.126. The summed E-state index contributed by atoms with van der Waals surface area (Å²) in [6, 6.07) is 6.01. The number of halogens is 1. The Morgan fingerprint density at radius 3 is 2.39 bits per heavy atom. The molecular weight excluding hydrogens is 400 g/mol. The van der Waals surface area contributed by atoms with Crippen molar-refractivity contribution >= 4 is 27.5 Å². The molecule has 0 saturated carbocycles. The van der Waals surface area contributed by atoms with Gasteiger partial charge in [-0.05, 0) is 51.0 Å². The molecule has 152 valence electrons. The molecule has 9 heteroatoms. The Labute approximate surface area is 170 Å². The average molecular weight is 425 g/mol. The highest BCUT2D eigenvalue weighted by Crippen LogP contribution is 2.26. The lowest BCUT2D eigenvalue weighted by atomic mass is 9.96. The molecule has 1 atom stereocenters. The van der Waals surface area contributed by atoms with Crippen molar-refractivity contribution < 1.29 is 13.2 Å². The Kier molecular flexibility index (Phi) is 6.12. The zero-order valence-electron chi connectivity index (χ0n) is 16.2. The van der Waals surface area contributed by atoms with Crippen LogP contribution >= 0.6 is 11.6 Å². The number of amides is 1. The number of rotatable bonds is 5. The molecule has 7 nitrogen and oxygen atoms in total. The van der Waals surface area contributed by atoms with E-state index in [4.69, 9.17) is 11.6 Å². The van der Waals surface area contributed by atoms with Crippen LogP contribution in [0.1, 0.15) is 37.1 Å². The van der Waals surface area contributed by atoms with Gasteiger partial charge in [-0.3, -0.25) is 9.48 Å². The third-order valence-corrected chi connectivity index (χ3v) is 7.32. The van der Waals surface area contributed by atoms with Gasteiger partial charge in [0.2, 0.25) is 15.9 Å². The first-order valence-electron chi connectivity index (χ1n) is 9.24. The fourth-order valence-corrected chi connectivity index (χ4v) is 5.16. The number of hydrogen-bond donors (Lipinski definition) is 1. The fraction of sp³-hybridized carbons (Fsp3) is 0.474. The van der Waals surface area contributed by atoms with Crippen LogP contribution in [0, 0.1) is 12.8 Å². The second-order valence-electron chi connectivity index (χ2n) is 7.21. The standard InChI is InChI=1S/C19H25ClN4O3S/c1-13(18-12-23(3)22-14(18)2)21-19(25)15-8-10-24(11-9-15)28(26,27)17-6-4-16(20)5-7-17/h4-7,12-13,15H,8-11H2,1-3H3,(H,21,25). The van der Waals surface area contributed by atoms with Gasteiger partial charge in [0.1, 0.15) is 0 Å². The molecular formula is C19H25ClN4O3S. The normalized spacial score (nSPS) is 17.4. The predicted octanol–water partition coefficient (Wildman–Crippen LogP) is 2.66. The van der Waals surface area contributed by atoms with Crippen molar-refractivity contribution in [3.63, 3.8) is 0 Å². The van der Waals surface area contributed by atoms with E-state index < -0.39 is 10.0 Å². The zero-order valence-corrected chi connectivity index (χ0v) is 17.8. The zero-order chi connectivity index (χ0) is 20.5. The van der Waals surface area contributed by atoms with Crippen LogP contribution in [0.5, 0.6) is 0 Å². The van der Waals surface area contributed by atoms with Crippen LogP contribution in [0.3, 0.4) is 0 Å². The van der Waals surface area contributed by atoms with E-state index in [0.29, 0.717) is 31.0 Å². The van der Waals surface area contributed by atoms with Crippen LogP contribution in [0.2, 0.25) is 5.02 Å². The number of hydrogen-bond acceptors (Lipinski definition) is 4. The number of piperidine rings is 1. The highest BCUT2D eigenvalue weighted by molar-refractivity contribution is 7.89. The van der Waals surface area contributed by atoms with Crippen molar-refractivity contribution in [1.82, 2.24) is 19.4 Å². The number of nitrogens with one attached hydrogen (secondary N) is 1. The Morgan fingerprint density at radius 2 is 1.86 bits per heavy atom. The summed E-state index contributed by atoms with van der Waals surface area (Å²) in [7, 11) is -1.72. The van der Waals surface area contributed by atoms with Crippen molar-refractivity contribution in [2.45, 2.75) is 37.6 Å². The van der Waals surface area contributed by atoms with Crippen LogP contribution in [0.15, 0.2) is 35.4 Å². The molecule has 3 rings (SSSR count). The van der Waals surface area contributed by atoms with Gasteiger partial charge in [-0.25, -0.2) is 8.42 Å². The molecule has 2 heterocycles. The fourth-order valence-electron chi connectivity index (χ4n) is 3.57. The molecule has 1 N–H and O–H groups in total. The monoisotopic (exact) mass is 424 g/mol. The molecule has 28 heavy (non-hydrogen) atoms. The van der Waals surface area contributed by atoms with Crippen molar-refractivity contribution in [3.05, 3.63) is 46.7 Å². The minimum absolute atomic E-state index is 0.0423. The Hall–Kier alpha value is -1.90. The number of aromatic nitrogens is 2. The summed E-state index contributed by atoms with van der Waals surface area (Å²) in [5, 5.41) is 7.84. The maximum Gasteiger partial charge on any atom is 0.243 e. The molecule has 0 bridgehead atoms. The third-order valence-electron chi connectivity index (χ3n) is 5.15. The summed E-state index contributed by atoms with van der Waals surface area (Å²) in [6.45, 7) is 4.49. The van der Waals surface area contributed by atoms with Gasteiger partial charge in [0, 0.05) is 42.8 Å². The molecule has 0 spiro atoms. The number of carbonyl (C=O) groups is 1. The number of benzene rings is 1. The molecule has 0 radical (unpaired) electrons. The minimum Gasteiger partial charge on any atom is -0.349 e. The summed E-state index contributed by atoms with van der Waals surface area (Å²) in [6.07, 6.45) is 2.90. The first kappa shape index (κ1) is 20.8. The van der Waals surface area contributed by atoms with E-state index in [2.05, 4.69) is 10.4 Å². The smallest absolute Gasteiger partial charge is 0.243 e. The van der Waals surface area contributed by atoms with Crippen LogP contribution in [-0.2, 0) is 21.9 Å². The van der Waals surface area contributed by atoms with Crippen molar-refractivity contribution in [2.24, 2.45) is 13.0 Å². The lowest BCUT2D eigenvalue weighted by Gasteiger charge is -2.31. The molecule has 1 aliphatic rings. The van der Waals surface area contributed by atoms with E-state index in [-0.39, 0.29) is 22.8 Å². The second kappa shape index (κ2) is 8.23. The summed E-state index contributed by atoms with van der Waals surface area (Å²) in [4.78, 5) is 12.9. The van der Waals surface area contributed by atoms with Gasteiger partial charge >= 0.3 is 0 Å². The number of nitrogens with zero attached hydrogens (tertiary/aromatic N) is 3. The van der Waals surface area contributed by atoms with Gasteiger partial charge in [-0.15, -0.1) is 0 Å². The van der Waals surface area contributed by atoms with E-state index >= 15 is 0 Å². The number of aryl methyl sites for hydroxylation is 2. The quantitative estimate of drug-likeness (QED) is 0.799. The molecule has 1 aromatic carbocycles. The van der Waals surface area contributed by atoms with Crippen LogP contribution < -0.4 is 5.32 Å². The van der Waals surface area contributed by atoms with Gasteiger partial charge in [-0.1, -0.05) is 11.6 Å². The minimum atomic E-state index is -3.56. The van der Waals surface area contributed by atoms with Crippen molar-refractivity contribution in [1.29, 1.82) is 0 Å². The molecule has 1 amide bonds. The maximum atomic E-state index is 12.8. The maximum absolute atomic E-state index is 12.8. The van der Waals surface area contributed by atoms with Gasteiger partial charge < -0.3 is 5.32 Å². The predicted molar refractivity (Wildman–Crippen MR) is 107 cm³/mol. The molecule has 1 aliphatic heterocycles. The highest BCUT2D eigenvalue weighted by atomic mass is 35.5. The topological polar surface area (TPSA) is 84.3 Å². The van der Waals surface area contributed by atoms with Crippen molar-refractivity contribution in [3.8, 4) is 0 Å². The summed E-state index contributed by atoms with van der Waals surface area (Å²) >= 11 is 5.84. The van der Waals surface area contributed by atoms with Crippen LogP contribution in [-0.4, -0.2) is 41.5 Å². The number of carbonyl (C=O) groups excluding carboxylic acids is 1. The Bertz CT molecular complexity index is 948. The molecule has 0 aliphatic carbocycles. The Balaban J connectivity index is 1.59. The van der Waals surface area contributed by atoms with Crippen LogP contribution in [0.4, 0.5) is 0 Å². The van der Waals surface area contributed by atoms with E-state index in [1.165, 1.54) is 16.4 Å². The summed E-state index contributed by atoms with van der Waals surface area (Å²) in [5.74, 6) is -0.240. The average Bonchev–Trinajstić information content (AvgIpc) is 3.00. The largest absolute Gasteiger partial charge is 0.349 e. The summed E-state index contributed by atoms with van der Waals surface area (Å²) in [5.41, 5.74) is 1.87. The van der Waals surface area contributed by atoms with E-state index in [1.807, 2.05) is 27.1 Å². The molecule has 2 aromatic rings. The van der Waals surface area contributed by atoms with Gasteiger partial charge in [0.05, 0.1) is 16.6 Å². The SMILES string of the molecule is Cc1nn(C)cc1C(C)NC(=O)C1CCN(S(=O)(=O)c2ccc(Cl)cc2)CC1. The Morgan fingerprint density at radius 1 is 1.25 bits per heavy atom. The highest BCUT2D eigenvalue weighted by Gasteiger charge is 2.32. The van der Waals surface area contributed by atoms with E-state index in [9.17, 15) is 13.2 Å². The first-order chi connectivity index (χ1) is 13.2. The third kappa shape index (κ3) is 4.39. The van der Waals surface area contributed by atoms with Gasteiger partial charge in [0.25, 0.3) is 0 Å².